The summed E-state index contributed by atoms with van der Waals surface area (Å²) in [5, 5.41) is 4.85. The number of rotatable bonds is 4. The van der Waals surface area contributed by atoms with E-state index in [1.807, 2.05) is 12.1 Å². The number of benzene rings is 1. The highest BCUT2D eigenvalue weighted by Crippen LogP contribution is 2.33. The van der Waals surface area contributed by atoms with Gasteiger partial charge in [0.1, 0.15) is 0 Å². The SMILES string of the molecule is CCNC(c1ccc(C)s1)c1ccc(Cl)cc1Cl. The summed E-state index contributed by atoms with van der Waals surface area (Å²) in [5.41, 5.74) is 1.07. The lowest BCUT2D eigenvalue weighted by Gasteiger charge is -2.18. The van der Waals surface area contributed by atoms with Crippen molar-refractivity contribution in [3.63, 3.8) is 0 Å². The Hall–Kier alpha value is -0.540. The van der Waals surface area contributed by atoms with Gasteiger partial charge < -0.3 is 5.32 Å². The zero-order chi connectivity index (χ0) is 13.1. The minimum atomic E-state index is 0.137. The van der Waals surface area contributed by atoms with E-state index in [2.05, 4.69) is 31.3 Å². The fourth-order valence-electron chi connectivity index (χ4n) is 1.91. The van der Waals surface area contributed by atoms with Crippen LogP contribution in [0.25, 0.3) is 0 Å². The second kappa shape index (κ2) is 6.07. The van der Waals surface area contributed by atoms with Crippen molar-refractivity contribution in [2.24, 2.45) is 0 Å². The number of aryl methyl sites for hydroxylation is 1. The van der Waals surface area contributed by atoms with E-state index < -0.39 is 0 Å². The van der Waals surface area contributed by atoms with Gasteiger partial charge in [-0.15, -0.1) is 11.3 Å². The van der Waals surface area contributed by atoms with Crippen LogP contribution in [-0.4, -0.2) is 6.54 Å². The first-order valence-electron chi connectivity index (χ1n) is 5.86. The number of hydrogen-bond acceptors (Lipinski definition) is 2. The Morgan fingerprint density at radius 3 is 2.56 bits per heavy atom. The van der Waals surface area contributed by atoms with Crippen molar-refractivity contribution >= 4 is 34.5 Å². The molecule has 1 heterocycles. The van der Waals surface area contributed by atoms with Crippen molar-refractivity contribution in [2.45, 2.75) is 19.9 Å². The molecular formula is C14H15Cl2NS. The Morgan fingerprint density at radius 2 is 2.00 bits per heavy atom. The molecule has 0 aliphatic rings. The third-order valence-corrected chi connectivity index (χ3v) is 4.36. The van der Waals surface area contributed by atoms with E-state index >= 15 is 0 Å². The first-order chi connectivity index (χ1) is 8.61. The fourth-order valence-corrected chi connectivity index (χ4v) is 3.40. The van der Waals surface area contributed by atoms with Gasteiger partial charge in [-0.2, -0.15) is 0 Å². The van der Waals surface area contributed by atoms with Crippen LogP contribution < -0.4 is 5.32 Å². The predicted octanol–water partition coefficient (Wildman–Crippen LogP) is 5.06. The van der Waals surface area contributed by atoms with Gasteiger partial charge in [-0.25, -0.2) is 0 Å². The minimum Gasteiger partial charge on any atom is -0.306 e. The molecule has 1 atom stereocenters. The van der Waals surface area contributed by atoms with E-state index in [0.717, 1.165) is 12.1 Å². The second-order valence-electron chi connectivity index (χ2n) is 4.10. The monoisotopic (exact) mass is 299 g/mol. The molecule has 0 aliphatic heterocycles. The fraction of sp³-hybridized carbons (Fsp3) is 0.286. The smallest absolute Gasteiger partial charge is 0.0685 e. The van der Waals surface area contributed by atoms with E-state index in [-0.39, 0.29) is 6.04 Å². The molecule has 0 fully saturated rings. The molecule has 18 heavy (non-hydrogen) atoms. The molecule has 0 saturated carbocycles. The van der Waals surface area contributed by atoms with Gasteiger partial charge in [-0.3, -0.25) is 0 Å². The van der Waals surface area contributed by atoms with Crippen molar-refractivity contribution in [1.29, 1.82) is 0 Å². The molecule has 0 amide bonds. The Labute approximate surface area is 122 Å². The van der Waals surface area contributed by atoms with Gasteiger partial charge in [0, 0.05) is 19.8 Å². The molecular weight excluding hydrogens is 285 g/mol. The van der Waals surface area contributed by atoms with Crippen LogP contribution in [0.5, 0.6) is 0 Å². The molecule has 4 heteroatoms. The van der Waals surface area contributed by atoms with E-state index in [0.29, 0.717) is 10.0 Å². The quantitative estimate of drug-likeness (QED) is 0.832. The third kappa shape index (κ3) is 3.07. The maximum Gasteiger partial charge on any atom is 0.0685 e. The van der Waals surface area contributed by atoms with Crippen molar-refractivity contribution in [1.82, 2.24) is 5.32 Å². The molecule has 1 aromatic carbocycles. The molecule has 0 radical (unpaired) electrons. The van der Waals surface area contributed by atoms with Gasteiger partial charge in [-0.1, -0.05) is 36.2 Å². The summed E-state index contributed by atoms with van der Waals surface area (Å²) in [6.45, 7) is 5.10. The summed E-state index contributed by atoms with van der Waals surface area (Å²) >= 11 is 14.0. The molecule has 0 aliphatic carbocycles. The van der Waals surface area contributed by atoms with Crippen molar-refractivity contribution in [2.75, 3.05) is 6.54 Å². The number of thiophene rings is 1. The third-order valence-electron chi connectivity index (χ3n) is 2.73. The van der Waals surface area contributed by atoms with Gasteiger partial charge in [0.15, 0.2) is 0 Å². The van der Waals surface area contributed by atoms with Crippen LogP contribution in [0.2, 0.25) is 10.0 Å². The molecule has 0 bridgehead atoms. The van der Waals surface area contributed by atoms with Gasteiger partial charge in [0.25, 0.3) is 0 Å². The summed E-state index contributed by atoms with van der Waals surface area (Å²) in [7, 11) is 0. The first-order valence-corrected chi connectivity index (χ1v) is 7.43. The summed E-state index contributed by atoms with van der Waals surface area (Å²) in [5.74, 6) is 0. The Morgan fingerprint density at radius 1 is 1.22 bits per heavy atom. The van der Waals surface area contributed by atoms with Gasteiger partial charge >= 0.3 is 0 Å². The molecule has 1 unspecified atom stereocenters. The van der Waals surface area contributed by atoms with Crippen molar-refractivity contribution in [3.8, 4) is 0 Å². The molecule has 0 saturated heterocycles. The molecule has 2 aromatic rings. The average molecular weight is 300 g/mol. The Bertz CT molecular complexity index is 536. The maximum atomic E-state index is 6.30. The zero-order valence-corrected chi connectivity index (χ0v) is 12.7. The van der Waals surface area contributed by atoms with E-state index in [4.69, 9.17) is 23.2 Å². The lowest BCUT2D eigenvalue weighted by atomic mass is 10.1. The summed E-state index contributed by atoms with van der Waals surface area (Å²) in [4.78, 5) is 2.58. The van der Waals surface area contributed by atoms with Crippen molar-refractivity contribution < 1.29 is 0 Å². The molecule has 96 valence electrons. The van der Waals surface area contributed by atoms with E-state index in [1.54, 1.807) is 17.4 Å². The largest absolute Gasteiger partial charge is 0.306 e. The average Bonchev–Trinajstić information content (AvgIpc) is 2.73. The van der Waals surface area contributed by atoms with Gasteiger partial charge in [-0.05, 0) is 43.3 Å². The highest BCUT2D eigenvalue weighted by molar-refractivity contribution is 7.12. The van der Waals surface area contributed by atoms with E-state index in [1.165, 1.54) is 9.75 Å². The number of hydrogen-bond donors (Lipinski definition) is 1. The standard InChI is InChI=1S/C14H15Cl2NS/c1-3-17-14(13-7-4-9(2)18-13)11-6-5-10(15)8-12(11)16/h4-8,14,17H,3H2,1-2H3. The normalized spacial score (nSPS) is 12.7. The molecule has 1 nitrogen and oxygen atoms in total. The number of halogens is 2. The Balaban J connectivity index is 2.41. The zero-order valence-electron chi connectivity index (χ0n) is 10.3. The summed E-state index contributed by atoms with van der Waals surface area (Å²) < 4.78 is 0. The number of nitrogens with one attached hydrogen (secondary N) is 1. The molecule has 2 rings (SSSR count). The van der Waals surface area contributed by atoms with Gasteiger partial charge in [0.2, 0.25) is 0 Å². The van der Waals surface area contributed by atoms with Crippen molar-refractivity contribution in [3.05, 3.63) is 55.7 Å². The minimum absolute atomic E-state index is 0.137. The molecule has 1 N–H and O–H groups in total. The molecule has 0 spiro atoms. The highest BCUT2D eigenvalue weighted by atomic mass is 35.5. The van der Waals surface area contributed by atoms with E-state index in [9.17, 15) is 0 Å². The summed E-state index contributed by atoms with van der Waals surface area (Å²) in [6.07, 6.45) is 0. The lowest BCUT2D eigenvalue weighted by Crippen LogP contribution is -2.21. The van der Waals surface area contributed by atoms with Crippen LogP contribution in [0.15, 0.2) is 30.3 Å². The first kappa shape index (κ1) is 13.9. The van der Waals surface area contributed by atoms with Crippen LogP contribution in [0, 0.1) is 6.92 Å². The second-order valence-corrected chi connectivity index (χ2v) is 6.27. The van der Waals surface area contributed by atoms with Gasteiger partial charge in [0.05, 0.1) is 6.04 Å². The van der Waals surface area contributed by atoms with Crippen LogP contribution in [0.1, 0.15) is 28.3 Å². The Kier molecular flexibility index (Phi) is 4.68. The maximum absolute atomic E-state index is 6.30. The topological polar surface area (TPSA) is 12.0 Å². The lowest BCUT2D eigenvalue weighted by molar-refractivity contribution is 0.640. The summed E-state index contributed by atoms with van der Waals surface area (Å²) in [6, 6.07) is 10.1. The van der Waals surface area contributed by atoms with Crippen LogP contribution in [-0.2, 0) is 0 Å². The molecule has 1 aromatic heterocycles. The predicted molar refractivity (Wildman–Crippen MR) is 81.0 cm³/mol. The highest BCUT2D eigenvalue weighted by Gasteiger charge is 2.17. The van der Waals surface area contributed by atoms with Crippen LogP contribution in [0.4, 0.5) is 0 Å². The van der Waals surface area contributed by atoms with Crippen LogP contribution >= 0.6 is 34.5 Å². The van der Waals surface area contributed by atoms with Crippen LogP contribution in [0.3, 0.4) is 0 Å².